The van der Waals surface area contributed by atoms with Gasteiger partial charge in [0.1, 0.15) is 0 Å². The number of rotatable bonds is 7. The van der Waals surface area contributed by atoms with Crippen LogP contribution in [0.4, 0.5) is 0 Å². The molecule has 21 heavy (non-hydrogen) atoms. The number of carbonyl (C=O) groups excluding carboxylic acids is 1. The number of amides is 1. The van der Waals surface area contributed by atoms with Crippen LogP contribution in [0.15, 0.2) is 6.20 Å². The van der Waals surface area contributed by atoms with Gasteiger partial charge >= 0.3 is 0 Å². The quantitative estimate of drug-likeness (QED) is 0.715. The third-order valence-electron chi connectivity index (χ3n) is 3.74. The van der Waals surface area contributed by atoms with Gasteiger partial charge in [-0.25, -0.2) is 0 Å². The van der Waals surface area contributed by atoms with E-state index in [1.54, 1.807) is 6.20 Å². The molecule has 0 spiro atoms. The van der Waals surface area contributed by atoms with Gasteiger partial charge in [0.15, 0.2) is 0 Å². The first kappa shape index (κ1) is 15.9. The van der Waals surface area contributed by atoms with Gasteiger partial charge < -0.3 is 15.8 Å². The largest absolute Gasteiger partial charge is 0.379 e. The molecule has 7 nitrogen and oxygen atoms in total. The second-order valence-corrected chi connectivity index (χ2v) is 5.22. The molecule has 0 aromatic carbocycles. The molecular formula is C14H25N5O2. The Hall–Kier alpha value is -1.44. The molecule has 0 aliphatic carbocycles. The minimum atomic E-state index is -0.0558. The zero-order chi connectivity index (χ0) is 15.1. The zero-order valence-corrected chi connectivity index (χ0v) is 12.7. The van der Waals surface area contributed by atoms with Crippen LogP contribution < -0.4 is 11.1 Å². The van der Waals surface area contributed by atoms with Crippen molar-refractivity contribution < 1.29 is 9.53 Å². The Labute approximate surface area is 125 Å². The van der Waals surface area contributed by atoms with Crippen LogP contribution in [0.5, 0.6) is 0 Å². The first-order valence-electron chi connectivity index (χ1n) is 7.53. The number of nitrogens with one attached hydrogen (secondary N) is 1. The number of carbonyl (C=O) groups is 1. The van der Waals surface area contributed by atoms with Gasteiger partial charge in [0.2, 0.25) is 0 Å². The van der Waals surface area contributed by atoms with Crippen LogP contribution in [0.1, 0.15) is 22.5 Å². The fraction of sp³-hybridized carbons (Fsp3) is 0.714. The van der Waals surface area contributed by atoms with E-state index in [1.807, 2.05) is 11.6 Å². The summed E-state index contributed by atoms with van der Waals surface area (Å²) in [6.07, 6.45) is 2.50. The minimum Gasteiger partial charge on any atom is -0.379 e. The molecule has 1 saturated heterocycles. The van der Waals surface area contributed by atoms with Crippen molar-refractivity contribution in [2.75, 3.05) is 45.9 Å². The van der Waals surface area contributed by atoms with Gasteiger partial charge in [0.05, 0.1) is 25.0 Å². The monoisotopic (exact) mass is 295 g/mol. The lowest BCUT2D eigenvalue weighted by Crippen LogP contribution is -2.41. The predicted molar refractivity (Wildman–Crippen MR) is 80.2 cm³/mol. The highest BCUT2D eigenvalue weighted by atomic mass is 16.5. The highest BCUT2D eigenvalue weighted by Crippen LogP contribution is 2.07. The zero-order valence-electron chi connectivity index (χ0n) is 12.7. The lowest BCUT2D eigenvalue weighted by Gasteiger charge is -2.26. The summed E-state index contributed by atoms with van der Waals surface area (Å²) in [4.78, 5) is 14.5. The van der Waals surface area contributed by atoms with Crippen LogP contribution in [-0.4, -0.2) is 66.5 Å². The summed E-state index contributed by atoms with van der Waals surface area (Å²) >= 11 is 0. The number of morpholine rings is 1. The first-order valence-corrected chi connectivity index (χ1v) is 7.53. The lowest BCUT2D eigenvalue weighted by molar-refractivity contribution is 0.0383. The van der Waals surface area contributed by atoms with Crippen LogP contribution in [0.2, 0.25) is 0 Å². The molecule has 1 aromatic heterocycles. The molecule has 2 rings (SSSR count). The molecular weight excluding hydrogens is 270 g/mol. The van der Waals surface area contributed by atoms with Crippen LogP contribution in [0.3, 0.4) is 0 Å². The summed E-state index contributed by atoms with van der Waals surface area (Å²) in [5.41, 5.74) is 7.04. The van der Waals surface area contributed by atoms with Gasteiger partial charge in [-0.3, -0.25) is 14.4 Å². The van der Waals surface area contributed by atoms with Crippen molar-refractivity contribution in [2.45, 2.75) is 19.9 Å². The van der Waals surface area contributed by atoms with Crippen LogP contribution in [-0.2, 0) is 11.3 Å². The van der Waals surface area contributed by atoms with Crippen molar-refractivity contribution in [1.82, 2.24) is 20.0 Å². The third-order valence-corrected chi connectivity index (χ3v) is 3.74. The third kappa shape index (κ3) is 4.52. The normalized spacial score (nSPS) is 16.1. The molecule has 0 saturated carbocycles. The maximum absolute atomic E-state index is 12.2. The molecule has 0 bridgehead atoms. The molecule has 0 radical (unpaired) electrons. The van der Waals surface area contributed by atoms with Crippen molar-refractivity contribution in [3.8, 4) is 0 Å². The fourth-order valence-corrected chi connectivity index (χ4v) is 2.38. The van der Waals surface area contributed by atoms with Gasteiger partial charge in [-0.1, -0.05) is 0 Å². The topological polar surface area (TPSA) is 85.4 Å². The summed E-state index contributed by atoms with van der Waals surface area (Å²) in [6, 6.07) is 0. The van der Waals surface area contributed by atoms with E-state index in [0.717, 1.165) is 51.5 Å². The van der Waals surface area contributed by atoms with Crippen molar-refractivity contribution >= 4 is 5.91 Å². The minimum absolute atomic E-state index is 0.0558. The Morgan fingerprint density at radius 2 is 2.19 bits per heavy atom. The molecule has 3 N–H and O–H groups in total. The number of nitrogens with two attached hydrogens (primary N) is 1. The van der Waals surface area contributed by atoms with E-state index in [0.29, 0.717) is 18.7 Å². The average Bonchev–Trinajstić information content (AvgIpc) is 2.87. The standard InChI is InChI=1S/C14H25N5O2/c1-12-13(11-17-19(12)5-2-3-15)14(20)16-4-6-18-7-9-21-10-8-18/h11H,2-10,15H2,1H3,(H,16,20). The smallest absolute Gasteiger partial charge is 0.254 e. The first-order chi connectivity index (χ1) is 10.2. The molecule has 118 valence electrons. The predicted octanol–water partition coefficient (Wildman–Crippen LogP) is -0.398. The van der Waals surface area contributed by atoms with Crippen molar-refractivity contribution in [1.29, 1.82) is 0 Å². The van der Waals surface area contributed by atoms with Gasteiger partial charge in [-0.2, -0.15) is 5.10 Å². The molecule has 1 aliphatic rings. The molecule has 1 aliphatic heterocycles. The van der Waals surface area contributed by atoms with E-state index in [1.165, 1.54) is 0 Å². The fourth-order valence-electron chi connectivity index (χ4n) is 2.38. The van der Waals surface area contributed by atoms with Crippen molar-refractivity contribution in [3.63, 3.8) is 0 Å². The van der Waals surface area contributed by atoms with E-state index < -0.39 is 0 Å². The Bertz CT molecular complexity index is 454. The second kappa shape index (κ2) is 8.11. The van der Waals surface area contributed by atoms with E-state index >= 15 is 0 Å². The van der Waals surface area contributed by atoms with Crippen LogP contribution in [0, 0.1) is 6.92 Å². The molecule has 2 heterocycles. The Kier molecular flexibility index (Phi) is 6.16. The van der Waals surface area contributed by atoms with Gasteiger partial charge in [0, 0.05) is 38.4 Å². The lowest BCUT2D eigenvalue weighted by atomic mass is 10.2. The number of hydrogen-bond acceptors (Lipinski definition) is 5. The van der Waals surface area contributed by atoms with Gasteiger partial charge in [-0.15, -0.1) is 0 Å². The summed E-state index contributed by atoms with van der Waals surface area (Å²) in [7, 11) is 0. The summed E-state index contributed by atoms with van der Waals surface area (Å²) in [5, 5.41) is 7.20. The second-order valence-electron chi connectivity index (χ2n) is 5.22. The number of nitrogens with zero attached hydrogens (tertiary/aromatic N) is 3. The van der Waals surface area contributed by atoms with Crippen LogP contribution in [0.25, 0.3) is 0 Å². The van der Waals surface area contributed by atoms with Crippen molar-refractivity contribution in [2.24, 2.45) is 5.73 Å². The Morgan fingerprint density at radius 3 is 2.90 bits per heavy atom. The number of aromatic nitrogens is 2. The Balaban J connectivity index is 1.78. The van der Waals surface area contributed by atoms with Crippen LogP contribution >= 0.6 is 0 Å². The number of aryl methyl sites for hydroxylation is 1. The molecule has 1 amide bonds. The maximum Gasteiger partial charge on any atom is 0.254 e. The summed E-state index contributed by atoms with van der Waals surface area (Å²) in [5.74, 6) is -0.0558. The number of ether oxygens (including phenoxy) is 1. The van der Waals surface area contributed by atoms with Gasteiger partial charge in [0.25, 0.3) is 5.91 Å². The summed E-state index contributed by atoms with van der Waals surface area (Å²) in [6.45, 7) is 8.23. The van der Waals surface area contributed by atoms with E-state index in [4.69, 9.17) is 10.5 Å². The highest BCUT2D eigenvalue weighted by molar-refractivity contribution is 5.95. The maximum atomic E-state index is 12.2. The van der Waals surface area contributed by atoms with Crippen molar-refractivity contribution in [3.05, 3.63) is 17.5 Å². The Morgan fingerprint density at radius 1 is 1.43 bits per heavy atom. The van der Waals surface area contributed by atoms with E-state index in [9.17, 15) is 4.79 Å². The molecule has 0 atom stereocenters. The molecule has 1 fully saturated rings. The molecule has 1 aromatic rings. The molecule has 0 unspecified atom stereocenters. The molecule has 7 heteroatoms. The number of hydrogen-bond donors (Lipinski definition) is 2. The average molecular weight is 295 g/mol. The van der Waals surface area contributed by atoms with Gasteiger partial charge in [-0.05, 0) is 19.9 Å². The highest BCUT2D eigenvalue weighted by Gasteiger charge is 2.15. The van der Waals surface area contributed by atoms with E-state index in [-0.39, 0.29) is 5.91 Å². The summed E-state index contributed by atoms with van der Waals surface area (Å²) < 4.78 is 7.14. The van der Waals surface area contributed by atoms with E-state index in [2.05, 4.69) is 15.3 Å². The SMILES string of the molecule is Cc1c(C(=O)NCCN2CCOCC2)cnn1CCCN.